The van der Waals surface area contributed by atoms with Gasteiger partial charge in [0.15, 0.2) is 6.03 Å². The zero-order chi connectivity index (χ0) is 48.0. The minimum atomic E-state index is -2.01. The molecule has 0 atom stereocenters. The summed E-state index contributed by atoms with van der Waals surface area (Å²) in [4.78, 5) is 25.8. The van der Waals surface area contributed by atoms with Crippen molar-refractivity contribution in [2.75, 3.05) is 52.9 Å². The molecule has 372 valence electrons. The molecular formula is C48H52I2N4O8S7Sn. The van der Waals surface area contributed by atoms with E-state index in [4.69, 9.17) is 47.9 Å². The van der Waals surface area contributed by atoms with Gasteiger partial charge in [0.25, 0.3) is 23.1 Å². The molecule has 4 spiro atoms. The summed E-state index contributed by atoms with van der Waals surface area (Å²) in [7, 11) is 0. The Balaban J connectivity index is 0.000000119. The van der Waals surface area contributed by atoms with Crippen molar-refractivity contribution in [1.82, 2.24) is 19.9 Å². The monoisotopic (exact) mass is 1410 g/mol. The fourth-order valence-electron chi connectivity index (χ4n) is 10.2. The Morgan fingerprint density at radius 2 is 0.786 bits per heavy atom. The normalized spacial score (nSPS) is 19.6. The Morgan fingerprint density at radius 3 is 1.10 bits per heavy atom. The van der Waals surface area contributed by atoms with Crippen molar-refractivity contribution in [3.8, 4) is 39.3 Å². The molecule has 0 radical (unpaired) electrons. The van der Waals surface area contributed by atoms with E-state index in [-0.39, 0.29) is 0 Å². The van der Waals surface area contributed by atoms with Crippen molar-refractivity contribution in [2.24, 2.45) is 0 Å². The van der Waals surface area contributed by atoms with Gasteiger partial charge in [0.2, 0.25) is 0 Å². The summed E-state index contributed by atoms with van der Waals surface area (Å²) < 4.78 is 57.9. The maximum absolute atomic E-state index is 6.28. The van der Waals surface area contributed by atoms with E-state index in [2.05, 4.69) is 128 Å². The number of aromatic nitrogens is 4. The molecule has 0 saturated carbocycles. The van der Waals surface area contributed by atoms with E-state index in [0.29, 0.717) is 52.9 Å². The average molecular weight is 1410 g/mol. The van der Waals surface area contributed by atoms with Crippen LogP contribution in [0.2, 0.25) is 13.3 Å². The first-order chi connectivity index (χ1) is 34.3. The standard InChI is InChI=1S/C20H14N2O4S4.C12H8I2N2O4S2.C4H3S.3C4H9.Sn/c1-3-11(27-9-1)17-21-15-13(29-17)14-16(22-18(30-14)12-4-2-10-28-12)20(25-7-8-26-20)19(15)23-5-6-24-19;13-9-15-7-5(21-9)6-8(16-10(14)22-6)12(19-3-4-20-12)11(7)17-1-2-18-11;1-2-4-5-3-1;3*1-3-4-2;/h1-4,9-10H,5-8H2;1-4H2;1-3H;3*1,3-4H2,2H3;. The van der Waals surface area contributed by atoms with Crippen LogP contribution in [0.15, 0.2) is 52.5 Å². The molecule has 12 nitrogen and oxygen atoms in total. The summed E-state index contributed by atoms with van der Waals surface area (Å²) in [5.41, 5.74) is 3.00. The van der Waals surface area contributed by atoms with E-state index in [0.717, 1.165) is 68.1 Å². The number of rotatable bonds is 12. The molecule has 0 amide bonds. The van der Waals surface area contributed by atoms with Gasteiger partial charge in [-0.05, 0) is 68.1 Å². The van der Waals surface area contributed by atoms with E-state index < -0.39 is 41.5 Å². The van der Waals surface area contributed by atoms with Crippen LogP contribution >= 0.6 is 125 Å². The smallest absolute Gasteiger partial charge is 0.276 e. The van der Waals surface area contributed by atoms with Crippen LogP contribution in [0.3, 0.4) is 0 Å². The summed E-state index contributed by atoms with van der Waals surface area (Å²) in [6, 6.07) is 13.0. The van der Waals surface area contributed by atoms with Gasteiger partial charge < -0.3 is 37.9 Å². The summed E-state index contributed by atoms with van der Waals surface area (Å²) in [5.74, 6) is -4.77. The van der Waals surface area contributed by atoms with Crippen LogP contribution in [0.25, 0.3) is 39.3 Å². The van der Waals surface area contributed by atoms with E-state index in [1.165, 1.54) is 38.5 Å². The van der Waals surface area contributed by atoms with Gasteiger partial charge >= 0.3 is 123 Å². The second-order valence-corrected chi connectivity index (χ2v) is 42.0. The van der Waals surface area contributed by atoms with Gasteiger partial charge in [-0.25, -0.2) is 19.9 Å². The van der Waals surface area contributed by atoms with E-state index in [9.17, 15) is 0 Å². The van der Waals surface area contributed by atoms with Crippen molar-refractivity contribution < 1.29 is 37.9 Å². The maximum Gasteiger partial charge on any atom is 0.276 e. The maximum atomic E-state index is 6.28. The van der Waals surface area contributed by atoms with Crippen molar-refractivity contribution in [2.45, 2.75) is 95.8 Å². The molecule has 7 aromatic heterocycles. The van der Waals surface area contributed by atoms with E-state index >= 15 is 0 Å². The van der Waals surface area contributed by atoms with E-state index in [1.54, 1.807) is 81.3 Å². The molecule has 6 aliphatic rings. The van der Waals surface area contributed by atoms with Gasteiger partial charge in [-0.3, -0.25) is 0 Å². The van der Waals surface area contributed by atoms with Gasteiger partial charge in [0, 0.05) is 0 Å². The van der Waals surface area contributed by atoms with Crippen molar-refractivity contribution in [3.05, 3.63) is 81.3 Å². The molecule has 11 heterocycles. The molecule has 70 heavy (non-hydrogen) atoms. The molecular weight excluding hydrogens is 1360 g/mol. The Bertz CT molecular complexity index is 2660. The van der Waals surface area contributed by atoms with Gasteiger partial charge in [0.1, 0.15) is 32.8 Å². The number of unbranched alkanes of at least 4 members (excludes halogenated alkanes) is 3. The summed E-state index contributed by atoms with van der Waals surface area (Å²) >= 11 is 14.4. The fraction of sp³-hybridized carbons (Fsp3) is 0.500. The third-order valence-corrected chi connectivity index (χ3v) is 40.6. The van der Waals surface area contributed by atoms with E-state index in [1.807, 2.05) is 15.0 Å². The molecule has 13 rings (SSSR count). The minimum Gasteiger partial charge on any atom is -0.338 e. The largest absolute Gasteiger partial charge is 0.338 e. The first-order valence-electron chi connectivity index (χ1n) is 23.9. The van der Waals surface area contributed by atoms with Crippen LogP contribution in [0.5, 0.6) is 0 Å². The minimum absolute atomic E-state index is 0.455. The van der Waals surface area contributed by atoms with Crippen LogP contribution < -0.4 is 2.89 Å². The molecule has 0 N–H and O–H groups in total. The topological polar surface area (TPSA) is 125 Å². The first kappa shape index (κ1) is 51.7. The Labute approximate surface area is 467 Å². The third kappa shape index (κ3) is 8.88. The Hall–Kier alpha value is -0.441. The quantitative estimate of drug-likeness (QED) is 0.0854. The van der Waals surface area contributed by atoms with Crippen LogP contribution in [-0.4, -0.2) is 91.2 Å². The van der Waals surface area contributed by atoms with Crippen LogP contribution in [0.1, 0.15) is 82.1 Å². The van der Waals surface area contributed by atoms with Crippen LogP contribution in [0, 0.1) is 6.03 Å². The van der Waals surface area contributed by atoms with Crippen molar-refractivity contribution >= 4 is 146 Å². The molecule has 4 aliphatic heterocycles. The predicted molar refractivity (Wildman–Crippen MR) is 302 cm³/mol. The molecule has 2 aliphatic carbocycles. The van der Waals surface area contributed by atoms with Crippen LogP contribution in [0.4, 0.5) is 0 Å². The zero-order valence-electron chi connectivity index (χ0n) is 38.9. The van der Waals surface area contributed by atoms with Crippen molar-refractivity contribution in [3.63, 3.8) is 0 Å². The molecule has 4 fully saturated rings. The molecule has 4 saturated heterocycles. The second-order valence-electron chi connectivity index (χ2n) is 17.5. The summed E-state index contributed by atoms with van der Waals surface area (Å²) in [6.07, 6.45) is 8.55. The third-order valence-electron chi connectivity index (χ3n) is 13.3. The number of hydrogen-bond donors (Lipinski definition) is 0. The average Bonchev–Trinajstić information content (AvgIpc) is 4.21. The molecule has 0 bridgehead atoms. The summed E-state index contributed by atoms with van der Waals surface area (Å²) in [6.45, 7) is 10.8. The number of nitrogens with zero attached hydrogens (tertiary/aromatic N) is 4. The van der Waals surface area contributed by atoms with Crippen LogP contribution in [-0.2, 0) is 61.0 Å². The fourth-order valence-corrected chi connectivity index (χ4v) is 37.6. The molecule has 0 unspecified atom stereocenters. The summed E-state index contributed by atoms with van der Waals surface area (Å²) in [5, 5.41) is 8.32. The molecule has 0 aromatic carbocycles. The van der Waals surface area contributed by atoms with Gasteiger partial charge in [-0.15, -0.1) is 68.0 Å². The van der Waals surface area contributed by atoms with Crippen molar-refractivity contribution in [1.29, 1.82) is 0 Å². The second kappa shape index (κ2) is 21.9. The Kier molecular flexibility index (Phi) is 16.2. The number of thiophene rings is 3. The first-order valence-corrected chi connectivity index (χ1v) is 39.4. The number of thiazole rings is 4. The number of halogens is 2. The Morgan fingerprint density at radius 1 is 0.457 bits per heavy atom. The number of ether oxygens (including phenoxy) is 8. The zero-order valence-corrected chi connectivity index (χ0v) is 51.8. The number of hydrogen-bond acceptors (Lipinski definition) is 19. The van der Waals surface area contributed by atoms with Gasteiger partial charge in [0.05, 0.1) is 82.1 Å². The predicted octanol–water partition coefficient (Wildman–Crippen LogP) is 13.8. The van der Waals surface area contributed by atoms with Gasteiger partial charge in [-0.1, -0.05) is 12.1 Å². The molecule has 7 aromatic rings. The SMILES string of the molecule is CCC[CH2][Sn]([CH2]CCC)([CH2]CCC)[c]1cccs1.Ic1nc2c(s1)-c1sc(I)nc1C1(OCCO1)C21OCCO1.c1csc(-c2nc3c(s2)-c2sc(-c4cccs4)nc2C2(OCCO2)C32OCCO2)c1. The molecule has 22 heteroatoms. The van der Waals surface area contributed by atoms with Gasteiger partial charge in [-0.2, -0.15) is 0 Å². The number of fused-ring (bicyclic) bond motifs is 12.